The van der Waals surface area contributed by atoms with Crippen molar-refractivity contribution in [1.29, 1.82) is 0 Å². The third-order valence-electron chi connectivity index (χ3n) is 7.33. The maximum absolute atomic E-state index is 6.07. The van der Waals surface area contributed by atoms with Crippen LogP contribution in [0.3, 0.4) is 0 Å². The zero-order valence-corrected chi connectivity index (χ0v) is 18.9. The molecule has 0 spiro atoms. The zero-order chi connectivity index (χ0) is 21.0. The number of allylic oxidation sites excluding steroid dienone is 4. The van der Waals surface area contributed by atoms with E-state index in [0.717, 1.165) is 18.9 Å². The minimum Gasteiger partial charge on any atom is -0.492 e. The van der Waals surface area contributed by atoms with Gasteiger partial charge in [-0.1, -0.05) is 54.1 Å². The van der Waals surface area contributed by atoms with Gasteiger partial charge in [-0.3, -0.25) is 4.90 Å². The summed E-state index contributed by atoms with van der Waals surface area (Å²) in [6.45, 7) is 6.50. The Morgan fingerprint density at radius 2 is 1.84 bits per heavy atom. The molecule has 2 nitrogen and oxygen atoms in total. The van der Waals surface area contributed by atoms with Crippen LogP contribution in [0.5, 0.6) is 5.75 Å². The predicted octanol–water partition coefficient (Wildman–Crippen LogP) is 6.44. The van der Waals surface area contributed by atoms with Gasteiger partial charge < -0.3 is 4.74 Å². The molecule has 0 saturated carbocycles. The lowest BCUT2D eigenvalue weighted by Crippen LogP contribution is -2.25. The van der Waals surface area contributed by atoms with Crippen molar-refractivity contribution in [3.05, 3.63) is 88.5 Å². The van der Waals surface area contributed by atoms with E-state index in [2.05, 4.69) is 72.5 Å². The normalized spacial score (nSPS) is 23.5. The van der Waals surface area contributed by atoms with Crippen molar-refractivity contribution in [2.24, 2.45) is 5.92 Å². The lowest BCUT2D eigenvalue weighted by atomic mass is 9.68. The average molecular weight is 414 g/mol. The molecular weight excluding hydrogens is 378 g/mol. The summed E-state index contributed by atoms with van der Waals surface area (Å²) in [5.74, 6) is 1.99. The van der Waals surface area contributed by atoms with Crippen molar-refractivity contribution in [3.63, 3.8) is 0 Å². The quantitative estimate of drug-likeness (QED) is 0.540. The first-order valence-corrected chi connectivity index (χ1v) is 12.2. The molecule has 0 amide bonds. The summed E-state index contributed by atoms with van der Waals surface area (Å²) in [6, 6.07) is 16.1. The molecule has 2 unspecified atom stereocenters. The third kappa shape index (κ3) is 4.65. The molecule has 1 heterocycles. The minimum atomic E-state index is 0.428. The molecule has 0 aromatic heterocycles. The van der Waals surface area contributed by atoms with Gasteiger partial charge in [-0.25, -0.2) is 0 Å². The van der Waals surface area contributed by atoms with E-state index in [-0.39, 0.29) is 0 Å². The van der Waals surface area contributed by atoms with E-state index < -0.39 is 0 Å². The molecule has 2 aromatic carbocycles. The number of hydrogen-bond donors (Lipinski definition) is 0. The smallest absolute Gasteiger partial charge is 0.119 e. The molecule has 2 aliphatic carbocycles. The number of ether oxygens (including phenoxy) is 1. The molecule has 162 valence electrons. The van der Waals surface area contributed by atoms with Crippen LogP contribution in [0.1, 0.15) is 60.3 Å². The Morgan fingerprint density at radius 3 is 2.61 bits per heavy atom. The lowest BCUT2D eigenvalue weighted by molar-refractivity contribution is 0.237. The maximum Gasteiger partial charge on any atom is 0.119 e. The van der Waals surface area contributed by atoms with Crippen molar-refractivity contribution in [2.75, 3.05) is 26.2 Å². The van der Waals surface area contributed by atoms with Gasteiger partial charge >= 0.3 is 0 Å². The van der Waals surface area contributed by atoms with E-state index in [1.807, 2.05) is 0 Å². The second kappa shape index (κ2) is 9.44. The number of likely N-dealkylation sites (tertiary alicyclic amines) is 1. The predicted molar refractivity (Wildman–Crippen MR) is 129 cm³/mol. The number of aryl methyl sites for hydroxylation is 2. The molecule has 3 aliphatic rings. The van der Waals surface area contributed by atoms with Crippen LogP contribution < -0.4 is 4.74 Å². The Kier molecular flexibility index (Phi) is 6.27. The first-order chi connectivity index (χ1) is 15.3. The minimum absolute atomic E-state index is 0.428. The van der Waals surface area contributed by atoms with Crippen LogP contribution in [-0.4, -0.2) is 31.1 Å². The summed E-state index contributed by atoms with van der Waals surface area (Å²) in [5, 5.41) is 0. The van der Waals surface area contributed by atoms with Gasteiger partial charge in [0.05, 0.1) is 0 Å². The Labute approximate surface area is 187 Å². The second-order valence-corrected chi connectivity index (χ2v) is 9.48. The van der Waals surface area contributed by atoms with Crippen LogP contribution in [0.15, 0.2) is 66.3 Å². The average Bonchev–Trinajstić information content (AvgIpc) is 3.33. The lowest BCUT2D eigenvalue weighted by Gasteiger charge is -2.36. The third-order valence-corrected chi connectivity index (χ3v) is 7.33. The fourth-order valence-electron chi connectivity index (χ4n) is 5.70. The van der Waals surface area contributed by atoms with E-state index in [4.69, 9.17) is 4.74 Å². The van der Waals surface area contributed by atoms with Crippen LogP contribution in [0.25, 0.3) is 0 Å². The molecule has 1 aliphatic heterocycles. The number of fused-ring (bicyclic) bond motifs is 1. The van der Waals surface area contributed by atoms with Gasteiger partial charge in [-0.05, 0) is 98.9 Å². The van der Waals surface area contributed by atoms with Gasteiger partial charge in [0.15, 0.2) is 0 Å². The second-order valence-electron chi connectivity index (χ2n) is 9.48. The molecular formula is C29H35NO. The van der Waals surface area contributed by atoms with E-state index >= 15 is 0 Å². The van der Waals surface area contributed by atoms with Crippen LogP contribution in [0.4, 0.5) is 0 Å². The van der Waals surface area contributed by atoms with Crippen LogP contribution >= 0.6 is 0 Å². The summed E-state index contributed by atoms with van der Waals surface area (Å²) in [6.07, 6.45) is 14.7. The van der Waals surface area contributed by atoms with Crippen LogP contribution in [0, 0.1) is 12.8 Å². The largest absolute Gasteiger partial charge is 0.492 e. The highest BCUT2D eigenvalue weighted by atomic mass is 16.5. The number of benzene rings is 2. The highest BCUT2D eigenvalue weighted by Crippen LogP contribution is 2.45. The zero-order valence-electron chi connectivity index (χ0n) is 18.9. The first kappa shape index (κ1) is 20.6. The summed E-state index contributed by atoms with van der Waals surface area (Å²) in [5.41, 5.74) is 7.38. The van der Waals surface area contributed by atoms with Gasteiger partial charge in [0.2, 0.25) is 0 Å². The van der Waals surface area contributed by atoms with Crippen LogP contribution in [-0.2, 0) is 6.42 Å². The van der Waals surface area contributed by atoms with Crippen LogP contribution in [0.2, 0.25) is 0 Å². The molecule has 5 rings (SSSR count). The standard InChI is InChI=1S/C29H35NO/c1-22-9-15-28-25(21-22)12-16-27(23-7-3-2-4-8-23)29(28)24-10-13-26(14-11-24)31-20-19-30-17-5-6-18-30/h3,7-11,13-15,21,27,29H,2,4-6,12,16-20H2,1H3. The van der Waals surface area contributed by atoms with Gasteiger partial charge in [0.25, 0.3) is 0 Å². The topological polar surface area (TPSA) is 12.5 Å². The van der Waals surface area contributed by atoms with E-state index in [1.165, 1.54) is 79.4 Å². The molecule has 0 radical (unpaired) electrons. The number of hydrogen-bond acceptors (Lipinski definition) is 2. The monoisotopic (exact) mass is 413 g/mol. The molecule has 2 atom stereocenters. The fraction of sp³-hybridized carbons (Fsp3) is 0.448. The summed E-state index contributed by atoms with van der Waals surface area (Å²) < 4.78 is 6.07. The number of rotatable bonds is 6. The molecule has 2 heteroatoms. The summed E-state index contributed by atoms with van der Waals surface area (Å²) >= 11 is 0. The number of nitrogens with zero attached hydrogens (tertiary/aromatic N) is 1. The Bertz CT molecular complexity index is 949. The Balaban J connectivity index is 1.37. The SMILES string of the molecule is Cc1ccc2c(c1)CCC(C1=CCCC=C1)C2c1ccc(OCCN2CCCC2)cc1. The molecule has 0 N–H and O–H groups in total. The summed E-state index contributed by atoms with van der Waals surface area (Å²) in [4.78, 5) is 2.51. The molecule has 2 aromatic rings. The Hall–Kier alpha value is -2.32. The molecule has 31 heavy (non-hydrogen) atoms. The summed E-state index contributed by atoms with van der Waals surface area (Å²) in [7, 11) is 0. The molecule has 0 bridgehead atoms. The van der Waals surface area contributed by atoms with E-state index in [0.29, 0.717) is 11.8 Å². The van der Waals surface area contributed by atoms with Gasteiger partial charge in [0.1, 0.15) is 12.4 Å². The van der Waals surface area contributed by atoms with Gasteiger partial charge in [-0.15, -0.1) is 0 Å². The Morgan fingerprint density at radius 1 is 1.00 bits per heavy atom. The van der Waals surface area contributed by atoms with Gasteiger partial charge in [-0.2, -0.15) is 0 Å². The molecule has 1 saturated heterocycles. The van der Waals surface area contributed by atoms with Crippen molar-refractivity contribution < 1.29 is 4.74 Å². The molecule has 1 fully saturated rings. The van der Waals surface area contributed by atoms with Crippen molar-refractivity contribution in [3.8, 4) is 5.75 Å². The fourth-order valence-corrected chi connectivity index (χ4v) is 5.70. The van der Waals surface area contributed by atoms with Crippen molar-refractivity contribution in [1.82, 2.24) is 4.90 Å². The van der Waals surface area contributed by atoms with Crippen molar-refractivity contribution in [2.45, 2.75) is 51.4 Å². The highest BCUT2D eigenvalue weighted by molar-refractivity contribution is 5.47. The van der Waals surface area contributed by atoms with E-state index in [1.54, 1.807) is 0 Å². The maximum atomic E-state index is 6.07. The highest BCUT2D eigenvalue weighted by Gasteiger charge is 2.32. The van der Waals surface area contributed by atoms with Gasteiger partial charge in [0, 0.05) is 12.5 Å². The van der Waals surface area contributed by atoms with E-state index in [9.17, 15) is 0 Å². The first-order valence-electron chi connectivity index (χ1n) is 12.2. The van der Waals surface area contributed by atoms with Crippen molar-refractivity contribution >= 4 is 0 Å².